The third-order valence-corrected chi connectivity index (χ3v) is 5.89. The lowest BCUT2D eigenvalue weighted by atomic mass is 10.0. The Bertz CT molecular complexity index is 1150. The molecular weight excluding hydrogens is 400 g/mol. The van der Waals surface area contributed by atoms with Gasteiger partial charge in [-0.1, -0.05) is 60.7 Å². The van der Waals surface area contributed by atoms with E-state index in [0.29, 0.717) is 29.3 Å². The molecule has 0 saturated carbocycles. The van der Waals surface area contributed by atoms with Crippen LogP contribution >= 0.6 is 0 Å². The molecule has 2 heterocycles. The van der Waals surface area contributed by atoms with Crippen LogP contribution in [0.3, 0.4) is 0 Å². The van der Waals surface area contributed by atoms with Crippen molar-refractivity contribution in [3.63, 3.8) is 0 Å². The van der Waals surface area contributed by atoms with E-state index in [2.05, 4.69) is 4.90 Å². The van der Waals surface area contributed by atoms with Gasteiger partial charge in [0, 0.05) is 13.1 Å². The van der Waals surface area contributed by atoms with Gasteiger partial charge in [-0.2, -0.15) is 0 Å². The van der Waals surface area contributed by atoms with Gasteiger partial charge in [-0.3, -0.25) is 9.59 Å². The SMILES string of the molecule is O=C1C(c2ccccc2)=C(N2CCCC2)C(=O)N1c1ccc(OCc2ccccc2)cc1. The highest BCUT2D eigenvalue weighted by atomic mass is 16.5. The van der Waals surface area contributed by atoms with Gasteiger partial charge in [0.25, 0.3) is 11.8 Å². The standard InChI is InChI=1S/C27H24N2O3/c30-26-24(21-11-5-2-6-12-21)25(28-17-7-8-18-28)27(31)29(26)22-13-15-23(16-14-22)32-19-20-9-3-1-4-10-20/h1-6,9-16H,7-8,17-19H2. The topological polar surface area (TPSA) is 49.9 Å². The second kappa shape index (κ2) is 8.71. The fraction of sp³-hybridized carbons (Fsp3) is 0.185. The average Bonchev–Trinajstić information content (AvgIpc) is 3.45. The molecule has 0 aliphatic carbocycles. The second-order valence-electron chi connectivity index (χ2n) is 8.00. The first-order valence-electron chi connectivity index (χ1n) is 10.9. The first-order valence-corrected chi connectivity index (χ1v) is 10.9. The van der Waals surface area contributed by atoms with Gasteiger partial charge < -0.3 is 9.64 Å². The summed E-state index contributed by atoms with van der Waals surface area (Å²) in [5.41, 5.74) is 3.41. The molecule has 32 heavy (non-hydrogen) atoms. The predicted octanol–water partition coefficient (Wildman–Crippen LogP) is 4.65. The number of likely N-dealkylation sites (tertiary alicyclic amines) is 1. The largest absolute Gasteiger partial charge is 0.489 e. The van der Waals surface area contributed by atoms with Crippen molar-refractivity contribution in [2.75, 3.05) is 18.0 Å². The molecule has 160 valence electrons. The molecule has 0 unspecified atom stereocenters. The maximum atomic E-state index is 13.5. The van der Waals surface area contributed by atoms with E-state index in [0.717, 1.165) is 37.1 Å². The van der Waals surface area contributed by atoms with Crippen LogP contribution in [0.5, 0.6) is 5.75 Å². The Morgan fingerprint density at radius 3 is 2.00 bits per heavy atom. The molecule has 5 nitrogen and oxygen atoms in total. The monoisotopic (exact) mass is 424 g/mol. The van der Waals surface area contributed by atoms with Crippen LogP contribution in [0, 0.1) is 0 Å². The van der Waals surface area contributed by atoms with Crippen molar-refractivity contribution in [1.82, 2.24) is 4.90 Å². The highest BCUT2D eigenvalue weighted by Crippen LogP contribution is 2.36. The highest BCUT2D eigenvalue weighted by molar-refractivity contribution is 6.45. The van der Waals surface area contributed by atoms with Crippen LogP contribution in [0.4, 0.5) is 5.69 Å². The fourth-order valence-electron chi connectivity index (χ4n) is 4.28. The summed E-state index contributed by atoms with van der Waals surface area (Å²) in [7, 11) is 0. The Morgan fingerprint density at radius 2 is 1.34 bits per heavy atom. The van der Waals surface area contributed by atoms with Crippen LogP contribution in [-0.2, 0) is 16.2 Å². The zero-order chi connectivity index (χ0) is 21.9. The Balaban J connectivity index is 1.41. The molecule has 5 heteroatoms. The molecule has 2 aliphatic rings. The quantitative estimate of drug-likeness (QED) is 0.541. The van der Waals surface area contributed by atoms with E-state index in [-0.39, 0.29) is 11.8 Å². The summed E-state index contributed by atoms with van der Waals surface area (Å²) in [6.45, 7) is 2.05. The Labute approximate surface area is 187 Å². The first kappa shape index (κ1) is 20.1. The molecule has 5 rings (SSSR count). The Kier molecular flexibility index (Phi) is 5.46. The Hall–Kier alpha value is -3.86. The molecule has 3 aromatic rings. The summed E-state index contributed by atoms with van der Waals surface area (Å²) in [6.07, 6.45) is 2.06. The second-order valence-corrected chi connectivity index (χ2v) is 8.00. The molecule has 2 aliphatic heterocycles. The number of hydrogen-bond donors (Lipinski definition) is 0. The van der Waals surface area contributed by atoms with Crippen LogP contribution in [0.15, 0.2) is 90.6 Å². The lowest BCUT2D eigenvalue weighted by molar-refractivity contribution is -0.120. The number of anilines is 1. The third-order valence-electron chi connectivity index (χ3n) is 5.89. The van der Waals surface area contributed by atoms with Crippen LogP contribution in [-0.4, -0.2) is 29.8 Å². The predicted molar refractivity (Wildman–Crippen MR) is 124 cm³/mol. The number of hydrogen-bond acceptors (Lipinski definition) is 4. The molecule has 0 aromatic heterocycles. The van der Waals surface area contributed by atoms with Crippen LogP contribution in [0.2, 0.25) is 0 Å². The highest BCUT2D eigenvalue weighted by Gasteiger charge is 2.42. The van der Waals surface area contributed by atoms with Crippen molar-refractivity contribution < 1.29 is 14.3 Å². The van der Waals surface area contributed by atoms with E-state index in [1.807, 2.05) is 60.7 Å². The summed E-state index contributed by atoms with van der Waals surface area (Å²) in [6, 6.07) is 26.5. The molecular formula is C27H24N2O3. The van der Waals surface area contributed by atoms with E-state index in [4.69, 9.17) is 4.74 Å². The molecule has 1 saturated heterocycles. The van der Waals surface area contributed by atoms with Crippen molar-refractivity contribution in [2.45, 2.75) is 19.4 Å². The van der Waals surface area contributed by atoms with Gasteiger partial charge in [0.2, 0.25) is 0 Å². The lowest BCUT2D eigenvalue weighted by Crippen LogP contribution is -2.34. The van der Waals surface area contributed by atoms with Crippen LogP contribution in [0.1, 0.15) is 24.0 Å². The summed E-state index contributed by atoms with van der Waals surface area (Å²) in [5.74, 6) is 0.155. The number of nitrogens with zero attached hydrogens (tertiary/aromatic N) is 2. The summed E-state index contributed by atoms with van der Waals surface area (Å²) in [5, 5.41) is 0. The Morgan fingerprint density at radius 1 is 0.719 bits per heavy atom. The molecule has 3 aromatic carbocycles. The van der Waals surface area contributed by atoms with Crippen molar-refractivity contribution in [3.8, 4) is 5.75 Å². The van der Waals surface area contributed by atoms with Crippen molar-refractivity contribution in [1.29, 1.82) is 0 Å². The number of imide groups is 1. The number of carbonyl (C=O) groups is 2. The first-order chi connectivity index (χ1) is 15.7. The van der Waals surface area contributed by atoms with Crippen LogP contribution in [0.25, 0.3) is 5.57 Å². The maximum Gasteiger partial charge on any atom is 0.282 e. The van der Waals surface area contributed by atoms with Gasteiger partial charge in [0.05, 0.1) is 11.3 Å². The maximum absolute atomic E-state index is 13.5. The molecule has 2 amide bonds. The number of benzene rings is 3. The number of amides is 2. The smallest absolute Gasteiger partial charge is 0.282 e. The normalized spacial score (nSPS) is 16.2. The zero-order valence-electron chi connectivity index (χ0n) is 17.7. The minimum atomic E-state index is -0.277. The van der Waals surface area contributed by atoms with E-state index in [1.165, 1.54) is 4.90 Å². The number of rotatable bonds is 6. The number of ether oxygens (including phenoxy) is 1. The molecule has 0 spiro atoms. The van der Waals surface area contributed by atoms with Crippen molar-refractivity contribution in [3.05, 3.63) is 102 Å². The lowest BCUT2D eigenvalue weighted by Gasteiger charge is -2.20. The molecule has 0 bridgehead atoms. The third kappa shape index (κ3) is 3.78. The number of carbonyl (C=O) groups excluding carboxylic acids is 2. The van der Waals surface area contributed by atoms with Gasteiger partial charge in [0.15, 0.2) is 0 Å². The summed E-state index contributed by atoms with van der Waals surface area (Å²) >= 11 is 0. The van der Waals surface area contributed by atoms with Crippen molar-refractivity contribution >= 4 is 23.1 Å². The van der Waals surface area contributed by atoms with E-state index >= 15 is 0 Å². The van der Waals surface area contributed by atoms with Gasteiger partial charge in [-0.25, -0.2) is 4.90 Å². The zero-order valence-corrected chi connectivity index (χ0v) is 17.7. The fourth-order valence-corrected chi connectivity index (χ4v) is 4.28. The van der Waals surface area contributed by atoms with Crippen LogP contribution < -0.4 is 9.64 Å². The van der Waals surface area contributed by atoms with Crippen molar-refractivity contribution in [2.24, 2.45) is 0 Å². The molecule has 0 N–H and O–H groups in total. The molecule has 1 fully saturated rings. The minimum absolute atomic E-state index is 0.256. The van der Waals surface area contributed by atoms with Gasteiger partial charge in [-0.15, -0.1) is 0 Å². The minimum Gasteiger partial charge on any atom is -0.489 e. The van der Waals surface area contributed by atoms with E-state index < -0.39 is 0 Å². The van der Waals surface area contributed by atoms with Gasteiger partial charge >= 0.3 is 0 Å². The molecule has 0 radical (unpaired) electrons. The van der Waals surface area contributed by atoms with E-state index in [1.54, 1.807) is 24.3 Å². The molecule has 0 atom stereocenters. The van der Waals surface area contributed by atoms with Gasteiger partial charge in [0.1, 0.15) is 18.1 Å². The average molecular weight is 425 g/mol. The van der Waals surface area contributed by atoms with E-state index in [9.17, 15) is 9.59 Å². The van der Waals surface area contributed by atoms with Gasteiger partial charge in [-0.05, 0) is 48.2 Å². The summed E-state index contributed by atoms with van der Waals surface area (Å²) < 4.78 is 5.85. The summed E-state index contributed by atoms with van der Waals surface area (Å²) in [4.78, 5) is 30.3.